The average molecular weight is 401 g/mol. The van der Waals surface area contributed by atoms with Gasteiger partial charge in [-0.1, -0.05) is 19.9 Å². The van der Waals surface area contributed by atoms with Crippen molar-refractivity contribution in [2.75, 3.05) is 0 Å². The Hall–Kier alpha value is -1.45. The Labute approximate surface area is 174 Å². The first kappa shape index (κ1) is 20.8. The molecule has 0 radical (unpaired) electrons. The van der Waals surface area contributed by atoms with Crippen LogP contribution >= 0.6 is 0 Å². The van der Waals surface area contributed by atoms with Crippen molar-refractivity contribution in [1.29, 1.82) is 0 Å². The molecular formula is C25H36O4. The highest BCUT2D eigenvalue weighted by Gasteiger charge is 2.65. The second kappa shape index (κ2) is 7.06. The van der Waals surface area contributed by atoms with Crippen LogP contribution in [0.4, 0.5) is 0 Å². The molecule has 1 N–H and O–H groups in total. The maximum Gasteiger partial charge on any atom is 0.303 e. The summed E-state index contributed by atoms with van der Waals surface area (Å²) in [5.41, 5.74) is -0.257. The molecule has 0 saturated heterocycles. The van der Waals surface area contributed by atoms with Gasteiger partial charge >= 0.3 is 5.97 Å². The second-order valence-corrected chi connectivity index (χ2v) is 10.9. The zero-order valence-electron chi connectivity index (χ0n) is 18.2. The van der Waals surface area contributed by atoms with Gasteiger partial charge in [0.15, 0.2) is 5.78 Å². The van der Waals surface area contributed by atoms with Crippen molar-refractivity contribution in [2.45, 2.75) is 85.0 Å². The van der Waals surface area contributed by atoms with E-state index >= 15 is 0 Å². The second-order valence-electron chi connectivity index (χ2n) is 10.9. The van der Waals surface area contributed by atoms with Gasteiger partial charge in [-0.25, -0.2) is 0 Å². The Kier molecular flexibility index (Phi) is 5.07. The van der Waals surface area contributed by atoms with Gasteiger partial charge in [-0.3, -0.25) is 14.4 Å². The van der Waals surface area contributed by atoms with E-state index in [2.05, 4.69) is 19.9 Å². The van der Waals surface area contributed by atoms with Gasteiger partial charge in [-0.2, -0.15) is 0 Å². The van der Waals surface area contributed by atoms with Crippen LogP contribution in [0.3, 0.4) is 0 Å². The fourth-order valence-electron chi connectivity index (χ4n) is 8.48. The zero-order chi connectivity index (χ0) is 21.0. The molecule has 4 aliphatic carbocycles. The van der Waals surface area contributed by atoms with Crippen LogP contribution < -0.4 is 0 Å². The number of carboxylic acid groups (broad SMARTS) is 1. The van der Waals surface area contributed by atoms with E-state index in [1.807, 2.05) is 6.08 Å². The van der Waals surface area contributed by atoms with E-state index in [0.717, 1.165) is 32.1 Å². The zero-order valence-corrected chi connectivity index (χ0v) is 18.2. The third kappa shape index (κ3) is 2.96. The first-order valence-corrected chi connectivity index (χ1v) is 11.6. The predicted octanol–water partition coefficient (Wildman–Crippen LogP) is 5.20. The molecule has 0 heterocycles. The number of carboxylic acids is 1. The van der Waals surface area contributed by atoms with E-state index in [1.165, 1.54) is 6.42 Å². The number of Topliss-reactive ketones (excluding diaryl/α,β-unsaturated/α-hetero) is 1. The highest BCUT2D eigenvalue weighted by Crippen LogP contribution is 2.70. The number of hydrogen-bond donors (Lipinski definition) is 1. The van der Waals surface area contributed by atoms with Gasteiger partial charge in [-0.05, 0) is 98.9 Å². The molecule has 160 valence electrons. The minimum Gasteiger partial charge on any atom is -0.481 e. The summed E-state index contributed by atoms with van der Waals surface area (Å²) >= 11 is 0. The van der Waals surface area contributed by atoms with E-state index in [-0.39, 0.29) is 34.2 Å². The fraction of sp³-hybridized carbons (Fsp3) is 0.800. The van der Waals surface area contributed by atoms with E-state index < -0.39 is 5.97 Å². The number of fused-ring (bicyclic) bond motifs is 5. The fourth-order valence-corrected chi connectivity index (χ4v) is 8.48. The lowest BCUT2D eigenvalue weighted by molar-refractivity contribution is -0.147. The van der Waals surface area contributed by atoms with Crippen LogP contribution in [0.15, 0.2) is 12.2 Å². The Morgan fingerprint density at radius 3 is 2.52 bits per heavy atom. The van der Waals surface area contributed by atoms with Gasteiger partial charge in [0.2, 0.25) is 0 Å². The van der Waals surface area contributed by atoms with Crippen molar-refractivity contribution < 1.29 is 19.5 Å². The summed E-state index contributed by atoms with van der Waals surface area (Å²) in [6.45, 7) is 6.46. The number of rotatable bonds is 5. The Balaban J connectivity index is 1.62. The first-order valence-electron chi connectivity index (χ1n) is 11.6. The van der Waals surface area contributed by atoms with Gasteiger partial charge in [0.1, 0.15) is 5.78 Å². The molecule has 29 heavy (non-hydrogen) atoms. The monoisotopic (exact) mass is 400 g/mol. The van der Waals surface area contributed by atoms with Crippen LogP contribution in [-0.2, 0) is 14.4 Å². The summed E-state index contributed by atoms with van der Waals surface area (Å²) < 4.78 is 0. The Morgan fingerprint density at radius 2 is 1.83 bits per heavy atom. The van der Waals surface area contributed by atoms with E-state index in [9.17, 15) is 14.4 Å². The molecule has 4 nitrogen and oxygen atoms in total. The normalized spacial score (nSPS) is 46.0. The first-order chi connectivity index (χ1) is 13.6. The molecule has 0 aromatic carbocycles. The van der Waals surface area contributed by atoms with Crippen LogP contribution in [0.1, 0.15) is 85.0 Å². The number of ketones is 2. The van der Waals surface area contributed by atoms with Gasteiger partial charge in [-0.15, -0.1) is 0 Å². The third-order valence-electron chi connectivity index (χ3n) is 10.1. The van der Waals surface area contributed by atoms with Crippen LogP contribution in [0.5, 0.6) is 0 Å². The minimum atomic E-state index is -0.767. The van der Waals surface area contributed by atoms with Crippen LogP contribution in [0, 0.1) is 39.9 Å². The number of hydrogen-bond acceptors (Lipinski definition) is 3. The lowest BCUT2D eigenvalue weighted by Gasteiger charge is -2.60. The van der Waals surface area contributed by atoms with Crippen molar-refractivity contribution in [3.05, 3.63) is 12.2 Å². The molecule has 0 amide bonds. The summed E-state index contributed by atoms with van der Waals surface area (Å²) in [7, 11) is 0. The number of aliphatic carboxylic acids is 1. The van der Waals surface area contributed by atoms with Crippen LogP contribution in [0.25, 0.3) is 0 Å². The van der Waals surface area contributed by atoms with Crippen LogP contribution in [0.2, 0.25) is 0 Å². The number of carbonyl (C=O) groups is 3. The predicted molar refractivity (Wildman–Crippen MR) is 111 cm³/mol. The molecule has 4 aliphatic rings. The maximum absolute atomic E-state index is 13.0. The summed E-state index contributed by atoms with van der Waals surface area (Å²) in [6.07, 6.45) is 12.7. The molecule has 3 saturated carbocycles. The topological polar surface area (TPSA) is 71.4 Å². The number of carbonyl (C=O) groups excluding carboxylic acids is 2. The standard InChI is InChI=1S/C25H36O4/c1-16(26)25(11-4-5-22(28)29)14-10-21-19-7-6-17-15-18(27)8-12-23(17,2)20(19)9-13-24(21,25)3/h8,12,17,19-21H,4-7,9-11,13-15H2,1-3H3,(H,28,29)/t17?,19-,20+,21+,23+,24+,25-/m1/s1. The van der Waals surface area contributed by atoms with Crippen molar-refractivity contribution in [2.24, 2.45) is 39.9 Å². The van der Waals surface area contributed by atoms with Crippen molar-refractivity contribution in [3.8, 4) is 0 Å². The van der Waals surface area contributed by atoms with E-state index in [0.29, 0.717) is 42.9 Å². The van der Waals surface area contributed by atoms with E-state index in [4.69, 9.17) is 5.11 Å². The van der Waals surface area contributed by atoms with Gasteiger partial charge in [0.25, 0.3) is 0 Å². The SMILES string of the molecule is CC(=O)[C@@]1(CCCC(=O)O)CC[C@H]2[C@@H]3CCC4CC(=O)C=C[C@]4(C)[C@H]3CC[C@@]21C. The quantitative estimate of drug-likeness (QED) is 0.688. The lowest BCUT2D eigenvalue weighted by atomic mass is 9.44. The summed E-state index contributed by atoms with van der Waals surface area (Å²) in [6, 6.07) is 0. The van der Waals surface area contributed by atoms with Crippen molar-refractivity contribution in [3.63, 3.8) is 0 Å². The van der Waals surface area contributed by atoms with Crippen LogP contribution in [-0.4, -0.2) is 22.6 Å². The van der Waals surface area contributed by atoms with Gasteiger partial charge < -0.3 is 5.11 Å². The van der Waals surface area contributed by atoms with E-state index in [1.54, 1.807) is 6.92 Å². The Bertz CT molecular complexity index is 754. The molecule has 7 atom stereocenters. The summed E-state index contributed by atoms with van der Waals surface area (Å²) in [5.74, 6) is 2.02. The molecule has 4 heteroatoms. The van der Waals surface area contributed by atoms with Crippen molar-refractivity contribution in [1.82, 2.24) is 0 Å². The molecule has 0 aliphatic heterocycles. The molecule has 0 spiro atoms. The average Bonchev–Trinajstić information content (AvgIpc) is 2.96. The molecule has 0 aromatic rings. The summed E-state index contributed by atoms with van der Waals surface area (Å²) in [5, 5.41) is 9.10. The largest absolute Gasteiger partial charge is 0.481 e. The summed E-state index contributed by atoms with van der Waals surface area (Å²) in [4.78, 5) is 36.1. The Morgan fingerprint density at radius 1 is 1.10 bits per heavy atom. The smallest absolute Gasteiger partial charge is 0.303 e. The molecule has 1 unspecified atom stereocenters. The highest BCUT2D eigenvalue weighted by atomic mass is 16.4. The molecule has 4 rings (SSSR count). The van der Waals surface area contributed by atoms with Gasteiger partial charge in [0, 0.05) is 18.3 Å². The number of allylic oxidation sites excluding steroid dienone is 2. The minimum absolute atomic E-state index is 0.0180. The molecular weight excluding hydrogens is 364 g/mol. The lowest BCUT2D eigenvalue weighted by Crippen LogP contribution is -2.55. The molecule has 0 bridgehead atoms. The molecule has 0 aromatic heterocycles. The van der Waals surface area contributed by atoms with Crippen molar-refractivity contribution >= 4 is 17.5 Å². The third-order valence-corrected chi connectivity index (χ3v) is 10.1. The highest BCUT2D eigenvalue weighted by molar-refractivity contribution is 5.91. The maximum atomic E-state index is 13.0. The molecule has 3 fully saturated rings. The van der Waals surface area contributed by atoms with Gasteiger partial charge in [0.05, 0.1) is 0 Å².